The second-order valence-corrected chi connectivity index (χ2v) is 6.77. The van der Waals surface area contributed by atoms with E-state index in [1.54, 1.807) is 11.9 Å². The van der Waals surface area contributed by atoms with Gasteiger partial charge in [-0.2, -0.15) is 4.98 Å². The standard InChI is InChI=1S/C20H21N5O2/c1-13-6-7-15-14(11-13)12-16(21-15)19-22-18(23-27-19)8-10-25(3)20(26)17-5-4-9-24(17)2/h4-7,9,11-12,21H,8,10H2,1-3H3. The van der Waals surface area contributed by atoms with Gasteiger partial charge >= 0.3 is 0 Å². The fraction of sp³-hybridized carbons (Fsp3) is 0.250. The summed E-state index contributed by atoms with van der Waals surface area (Å²) in [5.74, 6) is 0.999. The van der Waals surface area contributed by atoms with Crippen molar-refractivity contribution in [1.29, 1.82) is 0 Å². The molecular weight excluding hydrogens is 342 g/mol. The lowest BCUT2D eigenvalue weighted by atomic mass is 10.2. The van der Waals surface area contributed by atoms with Crippen molar-refractivity contribution in [2.45, 2.75) is 13.3 Å². The largest absolute Gasteiger partial charge is 0.351 e. The molecule has 0 unspecified atom stereocenters. The molecule has 0 saturated heterocycles. The van der Waals surface area contributed by atoms with Gasteiger partial charge < -0.3 is 19.0 Å². The molecule has 1 N–H and O–H groups in total. The highest BCUT2D eigenvalue weighted by molar-refractivity contribution is 5.92. The van der Waals surface area contributed by atoms with Crippen LogP contribution in [0.1, 0.15) is 21.9 Å². The number of likely N-dealkylation sites (N-methyl/N-ethyl adjacent to an activating group) is 1. The van der Waals surface area contributed by atoms with Crippen LogP contribution in [-0.4, -0.2) is 44.1 Å². The predicted molar refractivity (Wildman–Crippen MR) is 102 cm³/mol. The van der Waals surface area contributed by atoms with Crippen molar-refractivity contribution in [3.8, 4) is 11.6 Å². The molecule has 3 aromatic heterocycles. The molecule has 4 aromatic rings. The molecule has 27 heavy (non-hydrogen) atoms. The van der Waals surface area contributed by atoms with Crippen LogP contribution in [0.3, 0.4) is 0 Å². The molecule has 0 bridgehead atoms. The highest BCUT2D eigenvalue weighted by Crippen LogP contribution is 2.23. The number of carbonyl (C=O) groups is 1. The number of aryl methyl sites for hydroxylation is 2. The van der Waals surface area contributed by atoms with E-state index in [0.717, 1.165) is 16.6 Å². The first-order chi connectivity index (χ1) is 13.0. The van der Waals surface area contributed by atoms with Crippen molar-refractivity contribution in [3.63, 3.8) is 0 Å². The van der Waals surface area contributed by atoms with E-state index >= 15 is 0 Å². The minimum atomic E-state index is -0.0304. The summed E-state index contributed by atoms with van der Waals surface area (Å²) < 4.78 is 7.20. The summed E-state index contributed by atoms with van der Waals surface area (Å²) in [5.41, 5.74) is 3.68. The number of nitrogens with one attached hydrogen (secondary N) is 1. The summed E-state index contributed by atoms with van der Waals surface area (Å²) in [6.45, 7) is 2.57. The number of nitrogens with zero attached hydrogens (tertiary/aromatic N) is 4. The molecule has 138 valence electrons. The van der Waals surface area contributed by atoms with E-state index < -0.39 is 0 Å². The van der Waals surface area contributed by atoms with Crippen LogP contribution in [0.5, 0.6) is 0 Å². The van der Waals surface area contributed by atoms with Crippen LogP contribution in [0.15, 0.2) is 47.1 Å². The topological polar surface area (TPSA) is 80.0 Å². The van der Waals surface area contributed by atoms with Gasteiger partial charge in [0.25, 0.3) is 11.8 Å². The lowest BCUT2D eigenvalue weighted by molar-refractivity contribution is 0.0786. The average molecular weight is 363 g/mol. The SMILES string of the molecule is Cc1ccc2[nH]c(-c3nc(CCN(C)C(=O)c4cccn4C)no3)cc2c1. The van der Waals surface area contributed by atoms with Crippen molar-refractivity contribution in [2.24, 2.45) is 7.05 Å². The lowest BCUT2D eigenvalue weighted by Crippen LogP contribution is -2.30. The number of rotatable bonds is 5. The maximum atomic E-state index is 12.4. The molecular formula is C20H21N5O2. The van der Waals surface area contributed by atoms with E-state index in [0.29, 0.717) is 30.4 Å². The number of hydrogen-bond donors (Lipinski definition) is 1. The maximum Gasteiger partial charge on any atom is 0.274 e. The molecule has 0 fully saturated rings. The number of aromatic nitrogens is 4. The molecule has 3 heterocycles. The minimum Gasteiger partial charge on any atom is -0.351 e. The lowest BCUT2D eigenvalue weighted by Gasteiger charge is -2.16. The molecule has 7 heteroatoms. The number of benzene rings is 1. The van der Waals surface area contributed by atoms with Crippen molar-refractivity contribution in [2.75, 3.05) is 13.6 Å². The van der Waals surface area contributed by atoms with Crippen molar-refractivity contribution in [3.05, 3.63) is 59.7 Å². The second kappa shape index (κ2) is 6.75. The maximum absolute atomic E-state index is 12.4. The van der Waals surface area contributed by atoms with E-state index in [9.17, 15) is 4.79 Å². The van der Waals surface area contributed by atoms with Crippen molar-refractivity contribution in [1.82, 2.24) is 24.6 Å². The smallest absolute Gasteiger partial charge is 0.274 e. The van der Waals surface area contributed by atoms with E-state index in [1.165, 1.54) is 5.56 Å². The second-order valence-electron chi connectivity index (χ2n) is 6.77. The first-order valence-electron chi connectivity index (χ1n) is 8.80. The third kappa shape index (κ3) is 3.36. The van der Waals surface area contributed by atoms with Crippen LogP contribution >= 0.6 is 0 Å². The molecule has 0 atom stereocenters. The Labute approximate surface area is 156 Å². The summed E-state index contributed by atoms with van der Waals surface area (Å²) >= 11 is 0. The highest BCUT2D eigenvalue weighted by atomic mass is 16.5. The molecule has 7 nitrogen and oxygen atoms in total. The van der Waals surface area contributed by atoms with Crippen LogP contribution < -0.4 is 0 Å². The van der Waals surface area contributed by atoms with Gasteiger partial charge in [0.2, 0.25) is 0 Å². The summed E-state index contributed by atoms with van der Waals surface area (Å²) in [7, 11) is 3.63. The Bertz CT molecular complexity index is 1100. The number of aromatic amines is 1. The normalized spacial score (nSPS) is 11.2. The van der Waals surface area contributed by atoms with Crippen LogP contribution in [0, 0.1) is 6.92 Å². The van der Waals surface area contributed by atoms with Gasteiger partial charge in [-0.3, -0.25) is 4.79 Å². The molecule has 1 amide bonds. The van der Waals surface area contributed by atoms with E-state index in [1.807, 2.05) is 42.1 Å². The third-order valence-corrected chi connectivity index (χ3v) is 4.66. The molecule has 0 radical (unpaired) electrons. The first-order valence-corrected chi connectivity index (χ1v) is 8.80. The number of carbonyl (C=O) groups excluding carboxylic acids is 1. The Kier molecular flexibility index (Phi) is 4.27. The van der Waals surface area contributed by atoms with Gasteiger partial charge in [-0.05, 0) is 37.3 Å². The Hall–Kier alpha value is -3.35. The Morgan fingerprint density at radius 1 is 1.30 bits per heavy atom. The van der Waals surface area contributed by atoms with E-state index in [4.69, 9.17) is 4.52 Å². The Morgan fingerprint density at radius 3 is 2.93 bits per heavy atom. The minimum absolute atomic E-state index is 0.0304. The fourth-order valence-corrected chi connectivity index (χ4v) is 3.08. The monoisotopic (exact) mass is 363 g/mol. The summed E-state index contributed by atoms with van der Waals surface area (Å²) in [6, 6.07) is 11.9. The van der Waals surface area contributed by atoms with Crippen molar-refractivity contribution < 1.29 is 9.32 Å². The van der Waals surface area contributed by atoms with Crippen LogP contribution in [0.25, 0.3) is 22.5 Å². The number of amides is 1. The highest BCUT2D eigenvalue weighted by Gasteiger charge is 2.16. The zero-order chi connectivity index (χ0) is 19.0. The van der Waals surface area contributed by atoms with Gasteiger partial charge in [0.1, 0.15) is 11.4 Å². The average Bonchev–Trinajstić information content (AvgIpc) is 3.37. The fourth-order valence-electron chi connectivity index (χ4n) is 3.08. The molecule has 1 aromatic carbocycles. The van der Waals surface area contributed by atoms with Crippen molar-refractivity contribution >= 4 is 16.8 Å². The quantitative estimate of drug-likeness (QED) is 0.591. The molecule has 0 aliphatic rings. The molecule has 0 spiro atoms. The molecule has 4 rings (SSSR count). The summed E-state index contributed by atoms with van der Waals surface area (Å²) in [6.07, 6.45) is 2.38. The predicted octanol–water partition coefficient (Wildman–Crippen LogP) is 3.18. The molecule has 0 aliphatic carbocycles. The van der Waals surface area contributed by atoms with Gasteiger partial charge in [-0.1, -0.05) is 16.8 Å². The van der Waals surface area contributed by atoms with Gasteiger partial charge in [0, 0.05) is 44.2 Å². The van der Waals surface area contributed by atoms with Crippen LogP contribution in [-0.2, 0) is 13.5 Å². The first kappa shape index (κ1) is 17.1. The van der Waals surface area contributed by atoms with Crippen LogP contribution in [0.4, 0.5) is 0 Å². The summed E-state index contributed by atoms with van der Waals surface area (Å²) in [5, 5.41) is 5.15. The number of hydrogen-bond acceptors (Lipinski definition) is 4. The van der Waals surface area contributed by atoms with E-state index in [2.05, 4.69) is 34.2 Å². The zero-order valence-corrected chi connectivity index (χ0v) is 15.6. The molecule has 0 aliphatic heterocycles. The molecule has 0 saturated carbocycles. The number of fused-ring (bicyclic) bond motifs is 1. The van der Waals surface area contributed by atoms with Gasteiger partial charge in [0.15, 0.2) is 5.82 Å². The van der Waals surface area contributed by atoms with Gasteiger partial charge in [-0.15, -0.1) is 0 Å². The Morgan fingerprint density at radius 2 is 2.15 bits per heavy atom. The Balaban J connectivity index is 1.44. The number of H-pyrrole nitrogens is 1. The van der Waals surface area contributed by atoms with Gasteiger partial charge in [-0.25, -0.2) is 0 Å². The third-order valence-electron chi connectivity index (χ3n) is 4.66. The van der Waals surface area contributed by atoms with Gasteiger partial charge in [0.05, 0.1) is 0 Å². The van der Waals surface area contributed by atoms with Crippen LogP contribution in [0.2, 0.25) is 0 Å². The zero-order valence-electron chi connectivity index (χ0n) is 15.6. The summed E-state index contributed by atoms with van der Waals surface area (Å²) in [4.78, 5) is 21.9. The van der Waals surface area contributed by atoms with E-state index in [-0.39, 0.29) is 5.91 Å².